The van der Waals surface area contributed by atoms with Crippen molar-refractivity contribution in [2.45, 2.75) is 32.2 Å². The van der Waals surface area contributed by atoms with Crippen LogP contribution in [0.1, 0.15) is 26.2 Å². The number of hydrogen-bond donors (Lipinski definition) is 1. The second kappa shape index (κ2) is 2.21. The molecule has 0 aromatic rings. The van der Waals surface area contributed by atoms with Crippen molar-refractivity contribution < 1.29 is 0 Å². The molecule has 0 aromatic heterocycles. The second-order valence-electron chi connectivity index (χ2n) is 3.77. The Morgan fingerprint density at radius 2 is 2.00 bits per heavy atom. The van der Waals surface area contributed by atoms with Gasteiger partial charge in [-0.05, 0) is 38.0 Å². The third-order valence-electron chi connectivity index (χ3n) is 3.09. The molecule has 0 aromatic carbocycles. The fourth-order valence-corrected chi connectivity index (χ4v) is 2.14. The molecule has 2 heteroatoms. The maximum atomic E-state index is 5.77. The van der Waals surface area contributed by atoms with Gasteiger partial charge in [-0.15, -0.1) is 0 Å². The van der Waals surface area contributed by atoms with Crippen molar-refractivity contribution in [2.24, 2.45) is 17.7 Å². The molecule has 0 amide bonds. The van der Waals surface area contributed by atoms with Gasteiger partial charge in [0.1, 0.15) is 0 Å². The van der Waals surface area contributed by atoms with Gasteiger partial charge < -0.3 is 0 Å². The highest BCUT2D eigenvalue weighted by atomic mass is 15.4. The molecule has 1 saturated carbocycles. The van der Waals surface area contributed by atoms with E-state index in [0.717, 1.165) is 18.4 Å². The summed E-state index contributed by atoms with van der Waals surface area (Å²) in [6, 6.07) is 0.646. The van der Waals surface area contributed by atoms with E-state index in [1.807, 2.05) is 5.01 Å². The lowest BCUT2D eigenvalue weighted by molar-refractivity contribution is 0.238. The highest BCUT2D eigenvalue weighted by Crippen LogP contribution is 2.43. The van der Waals surface area contributed by atoms with Crippen molar-refractivity contribution in [3.8, 4) is 0 Å². The monoisotopic (exact) mass is 140 g/mol. The smallest absolute Gasteiger partial charge is 0.0244 e. The minimum Gasteiger partial charge on any atom is -0.269 e. The van der Waals surface area contributed by atoms with Gasteiger partial charge in [-0.1, -0.05) is 0 Å². The Bertz CT molecular complexity index is 131. The molecule has 2 unspecified atom stereocenters. The third-order valence-corrected chi connectivity index (χ3v) is 3.09. The molecule has 1 saturated heterocycles. The first-order valence-corrected chi connectivity index (χ1v) is 4.30. The fourth-order valence-electron chi connectivity index (χ4n) is 2.14. The average molecular weight is 140 g/mol. The van der Waals surface area contributed by atoms with Crippen LogP contribution in [-0.2, 0) is 0 Å². The van der Waals surface area contributed by atoms with Gasteiger partial charge in [0.05, 0.1) is 0 Å². The van der Waals surface area contributed by atoms with Gasteiger partial charge in [-0.25, -0.2) is 5.01 Å². The van der Waals surface area contributed by atoms with E-state index in [4.69, 9.17) is 5.84 Å². The number of hydrazine groups is 1. The molecule has 0 bridgehead atoms. The average Bonchev–Trinajstić information content (AvgIpc) is 2.67. The van der Waals surface area contributed by atoms with Crippen molar-refractivity contribution in [1.29, 1.82) is 0 Å². The van der Waals surface area contributed by atoms with Crippen LogP contribution in [0.25, 0.3) is 0 Å². The quantitative estimate of drug-likeness (QED) is 0.550. The zero-order valence-corrected chi connectivity index (χ0v) is 6.59. The van der Waals surface area contributed by atoms with Crippen LogP contribution in [0.5, 0.6) is 0 Å². The molecule has 1 heterocycles. The predicted molar refractivity (Wildman–Crippen MR) is 41.2 cm³/mol. The largest absolute Gasteiger partial charge is 0.269 e. The minimum atomic E-state index is 0.646. The Balaban J connectivity index is 1.96. The molecular formula is C8H16N2. The first-order valence-electron chi connectivity index (χ1n) is 4.30. The second-order valence-corrected chi connectivity index (χ2v) is 3.77. The van der Waals surface area contributed by atoms with Crippen LogP contribution in [0.15, 0.2) is 0 Å². The zero-order valence-electron chi connectivity index (χ0n) is 6.59. The lowest BCUT2D eigenvalue weighted by Crippen LogP contribution is -2.36. The van der Waals surface area contributed by atoms with Crippen LogP contribution in [0.3, 0.4) is 0 Å². The molecule has 2 N–H and O–H groups in total. The van der Waals surface area contributed by atoms with Gasteiger partial charge in [0.15, 0.2) is 0 Å². The highest BCUT2D eigenvalue weighted by Gasteiger charge is 2.39. The lowest BCUT2D eigenvalue weighted by atomic mass is 9.97. The molecule has 2 rings (SSSR count). The van der Waals surface area contributed by atoms with E-state index < -0.39 is 0 Å². The summed E-state index contributed by atoms with van der Waals surface area (Å²) in [5, 5.41) is 2.00. The molecule has 1 aliphatic heterocycles. The van der Waals surface area contributed by atoms with E-state index in [1.165, 1.54) is 19.3 Å². The van der Waals surface area contributed by atoms with Gasteiger partial charge in [0, 0.05) is 12.6 Å². The highest BCUT2D eigenvalue weighted by molar-refractivity contribution is 4.91. The van der Waals surface area contributed by atoms with Crippen molar-refractivity contribution >= 4 is 0 Å². The summed E-state index contributed by atoms with van der Waals surface area (Å²) in [6.07, 6.45) is 4.26. The predicted octanol–water partition coefficient (Wildman–Crippen LogP) is 0.980. The van der Waals surface area contributed by atoms with Crippen LogP contribution in [0, 0.1) is 11.8 Å². The lowest BCUT2D eigenvalue weighted by Gasteiger charge is -2.19. The molecule has 0 spiro atoms. The summed E-state index contributed by atoms with van der Waals surface area (Å²) < 4.78 is 0. The molecular weight excluding hydrogens is 124 g/mol. The SMILES string of the molecule is CC1C(C2CC2)CCN1N. The Hall–Kier alpha value is -0.0800. The number of hydrogen-bond acceptors (Lipinski definition) is 2. The maximum Gasteiger partial charge on any atom is 0.0244 e. The molecule has 2 fully saturated rings. The van der Waals surface area contributed by atoms with E-state index in [9.17, 15) is 0 Å². The standard InChI is InChI=1S/C8H16N2/c1-6-8(7-2-3-7)4-5-10(6)9/h6-8H,2-5,9H2,1H3. The summed E-state index contributed by atoms with van der Waals surface area (Å²) in [5.41, 5.74) is 0. The Labute approximate surface area is 62.4 Å². The van der Waals surface area contributed by atoms with E-state index in [1.54, 1.807) is 0 Å². The first-order chi connectivity index (χ1) is 4.79. The van der Waals surface area contributed by atoms with E-state index in [0.29, 0.717) is 6.04 Å². The van der Waals surface area contributed by atoms with Crippen LogP contribution >= 0.6 is 0 Å². The van der Waals surface area contributed by atoms with E-state index in [-0.39, 0.29) is 0 Å². The Morgan fingerprint density at radius 3 is 2.40 bits per heavy atom. The molecule has 58 valence electrons. The maximum absolute atomic E-state index is 5.77. The van der Waals surface area contributed by atoms with Gasteiger partial charge >= 0.3 is 0 Å². The molecule has 2 aliphatic rings. The fraction of sp³-hybridized carbons (Fsp3) is 1.00. The van der Waals surface area contributed by atoms with Gasteiger partial charge in [0.25, 0.3) is 0 Å². The van der Waals surface area contributed by atoms with Crippen molar-refractivity contribution in [2.75, 3.05) is 6.54 Å². The first kappa shape index (κ1) is 6.62. The number of nitrogens with zero attached hydrogens (tertiary/aromatic N) is 1. The van der Waals surface area contributed by atoms with Crippen LogP contribution < -0.4 is 5.84 Å². The molecule has 10 heavy (non-hydrogen) atoms. The Kier molecular flexibility index (Phi) is 1.46. The number of nitrogens with two attached hydrogens (primary N) is 1. The van der Waals surface area contributed by atoms with Crippen LogP contribution in [-0.4, -0.2) is 17.6 Å². The van der Waals surface area contributed by atoms with Crippen LogP contribution in [0.4, 0.5) is 0 Å². The van der Waals surface area contributed by atoms with Crippen LogP contribution in [0.2, 0.25) is 0 Å². The normalized spacial score (nSPS) is 42.6. The van der Waals surface area contributed by atoms with Crippen molar-refractivity contribution in [3.05, 3.63) is 0 Å². The van der Waals surface area contributed by atoms with E-state index >= 15 is 0 Å². The Morgan fingerprint density at radius 1 is 1.30 bits per heavy atom. The molecule has 0 radical (unpaired) electrons. The topological polar surface area (TPSA) is 29.3 Å². The van der Waals surface area contributed by atoms with Crippen molar-refractivity contribution in [1.82, 2.24) is 5.01 Å². The van der Waals surface area contributed by atoms with Crippen molar-refractivity contribution in [3.63, 3.8) is 0 Å². The summed E-state index contributed by atoms with van der Waals surface area (Å²) in [4.78, 5) is 0. The van der Waals surface area contributed by atoms with Gasteiger partial charge in [0.2, 0.25) is 0 Å². The molecule has 2 atom stereocenters. The molecule has 2 nitrogen and oxygen atoms in total. The summed E-state index contributed by atoms with van der Waals surface area (Å²) >= 11 is 0. The van der Waals surface area contributed by atoms with Gasteiger partial charge in [-0.2, -0.15) is 0 Å². The minimum absolute atomic E-state index is 0.646. The summed E-state index contributed by atoms with van der Waals surface area (Å²) in [6.45, 7) is 3.37. The number of rotatable bonds is 1. The van der Waals surface area contributed by atoms with E-state index in [2.05, 4.69) is 6.92 Å². The molecule has 1 aliphatic carbocycles. The summed E-state index contributed by atoms with van der Waals surface area (Å²) in [7, 11) is 0. The van der Waals surface area contributed by atoms with Gasteiger partial charge in [-0.3, -0.25) is 5.84 Å². The summed E-state index contributed by atoms with van der Waals surface area (Å²) in [5.74, 6) is 7.72. The zero-order chi connectivity index (χ0) is 7.14. The third kappa shape index (κ3) is 0.956.